The van der Waals surface area contributed by atoms with Gasteiger partial charge in [-0.05, 0) is 60.2 Å². The number of ketones is 1. The number of fused-ring (bicyclic) bond motifs is 1. The number of methoxy groups -OCH3 is 3. The summed E-state index contributed by atoms with van der Waals surface area (Å²) in [5.41, 5.74) is -1.83. The number of benzene rings is 3. The van der Waals surface area contributed by atoms with E-state index in [1.807, 2.05) is 0 Å². The largest absolute Gasteiger partial charge is 0.497 e. The third kappa shape index (κ3) is 4.45. The number of anilines is 1. The zero-order chi connectivity index (χ0) is 24.2. The first-order valence-corrected chi connectivity index (χ1v) is 10.1. The second-order valence-electron chi connectivity index (χ2n) is 7.24. The van der Waals surface area contributed by atoms with Crippen molar-refractivity contribution >= 4 is 34.1 Å². The van der Waals surface area contributed by atoms with Gasteiger partial charge in [-0.2, -0.15) is 0 Å². The molecule has 3 rings (SSSR count). The van der Waals surface area contributed by atoms with Crippen LogP contribution in [0.25, 0.3) is 10.8 Å². The highest BCUT2D eigenvalue weighted by Gasteiger charge is 2.52. The average Bonchev–Trinajstić information content (AvgIpc) is 2.81. The number of carbonyl (C=O) groups excluding carboxylic acids is 3. The zero-order valence-corrected chi connectivity index (χ0v) is 19.1. The van der Waals surface area contributed by atoms with E-state index in [9.17, 15) is 14.4 Å². The van der Waals surface area contributed by atoms with Crippen molar-refractivity contribution in [3.63, 3.8) is 0 Å². The summed E-state index contributed by atoms with van der Waals surface area (Å²) in [4.78, 5) is 39.1. The van der Waals surface area contributed by atoms with E-state index in [1.54, 1.807) is 54.6 Å². The predicted octanol–water partition coefficient (Wildman–Crippen LogP) is 3.85. The summed E-state index contributed by atoms with van der Waals surface area (Å²) < 4.78 is 21.5. The minimum Gasteiger partial charge on any atom is -0.497 e. The fourth-order valence-electron chi connectivity index (χ4n) is 3.67. The maximum absolute atomic E-state index is 13.7. The number of hydrogen-bond acceptors (Lipinski definition) is 7. The van der Waals surface area contributed by atoms with Gasteiger partial charge in [0.1, 0.15) is 17.2 Å². The molecule has 3 aromatic carbocycles. The molecule has 0 aliphatic rings. The Morgan fingerprint density at radius 2 is 1.39 bits per heavy atom. The van der Waals surface area contributed by atoms with E-state index in [0.717, 1.165) is 6.92 Å². The molecule has 0 fully saturated rings. The lowest BCUT2D eigenvalue weighted by atomic mass is 9.84. The Morgan fingerprint density at radius 3 is 1.94 bits per heavy atom. The van der Waals surface area contributed by atoms with Crippen LogP contribution < -0.4 is 19.5 Å². The van der Waals surface area contributed by atoms with E-state index >= 15 is 0 Å². The average molecular weight is 451 g/mol. The van der Waals surface area contributed by atoms with Crippen molar-refractivity contribution in [2.45, 2.75) is 19.4 Å². The van der Waals surface area contributed by atoms with Crippen LogP contribution in [0.3, 0.4) is 0 Å². The molecule has 8 nitrogen and oxygen atoms in total. The van der Waals surface area contributed by atoms with E-state index in [0.29, 0.717) is 28.0 Å². The topological polar surface area (TPSA) is 100 Å². The Labute approximate surface area is 191 Å². The van der Waals surface area contributed by atoms with Gasteiger partial charge >= 0.3 is 5.97 Å². The van der Waals surface area contributed by atoms with Gasteiger partial charge in [0.25, 0.3) is 11.5 Å². The van der Waals surface area contributed by atoms with Crippen molar-refractivity contribution in [2.24, 2.45) is 0 Å². The molecule has 0 radical (unpaired) electrons. The van der Waals surface area contributed by atoms with Crippen molar-refractivity contribution in [3.05, 3.63) is 60.2 Å². The van der Waals surface area contributed by atoms with Crippen LogP contribution in [0.1, 0.15) is 19.4 Å². The molecule has 0 spiro atoms. The molecule has 0 aliphatic carbocycles. The summed E-state index contributed by atoms with van der Waals surface area (Å²) in [6.45, 7) is 2.32. The summed E-state index contributed by atoms with van der Waals surface area (Å²) in [6, 6.07) is 15.1. The normalized spacial score (nSPS) is 12.4. The molecule has 8 heteroatoms. The number of hydrogen-bond donors (Lipinski definition) is 1. The molecular formula is C25H25NO7. The van der Waals surface area contributed by atoms with E-state index in [-0.39, 0.29) is 11.3 Å². The molecule has 1 atom stereocenters. The molecule has 0 saturated carbocycles. The Hall–Kier alpha value is -4.07. The molecule has 1 amide bonds. The van der Waals surface area contributed by atoms with Crippen LogP contribution in [0, 0.1) is 0 Å². The minimum atomic E-state index is -2.32. The van der Waals surface area contributed by atoms with E-state index in [2.05, 4.69) is 5.32 Å². The molecule has 0 bridgehead atoms. The molecule has 0 aliphatic heterocycles. The van der Waals surface area contributed by atoms with Crippen LogP contribution in [0.5, 0.6) is 17.2 Å². The number of esters is 1. The SMILES string of the molecule is COc1ccc(NC(=O)[C@](OC(C)=O)(C(C)=O)c2c(OC)ccc3ccc(OC)cc23)cc1. The highest BCUT2D eigenvalue weighted by atomic mass is 16.6. The Bertz CT molecular complexity index is 1200. The molecule has 0 aromatic heterocycles. The smallest absolute Gasteiger partial charge is 0.304 e. The van der Waals surface area contributed by atoms with Crippen molar-refractivity contribution in [2.75, 3.05) is 26.6 Å². The maximum Gasteiger partial charge on any atom is 0.304 e. The van der Waals surface area contributed by atoms with Crippen LogP contribution in [-0.2, 0) is 24.7 Å². The summed E-state index contributed by atoms with van der Waals surface area (Å²) in [6.07, 6.45) is 0. The molecule has 3 aromatic rings. The first kappa shape index (κ1) is 23.6. The molecule has 0 heterocycles. The van der Waals surface area contributed by atoms with Crippen LogP contribution in [0.2, 0.25) is 0 Å². The van der Waals surface area contributed by atoms with Crippen molar-refractivity contribution in [1.82, 2.24) is 0 Å². The van der Waals surface area contributed by atoms with Crippen LogP contribution in [-0.4, -0.2) is 39.0 Å². The van der Waals surface area contributed by atoms with Gasteiger partial charge in [-0.25, -0.2) is 0 Å². The Balaban J connectivity index is 2.29. The fourth-order valence-corrected chi connectivity index (χ4v) is 3.67. The number of ether oxygens (including phenoxy) is 4. The Kier molecular flexibility index (Phi) is 6.86. The number of carbonyl (C=O) groups is 3. The quantitative estimate of drug-likeness (QED) is 0.410. The van der Waals surface area contributed by atoms with E-state index < -0.39 is 23.3 Å². The Morgan fingerprint density at radius 1 is 0.788 bits per heavy atom. The monoisotopic (exact) mass is 451 g/mol. The van der Waals surface area contributed by atoms with Gasteiger partial charge in [0, 0.05) is 12.6 Å². The van der Waals surface area contributed by atoms with Gasteiger partial charge in [0.2, 0.25) is 0 Å². The second-order valence-corrected chi connectivity index (χ2v) is 7.24. The fraction of sp³-hybridized carbons (Fsp3) is 0.240. The third-order valence-electron chi connectivity index (χ3n) is 5.22. The minimum absolute atomic E-state index is 0.107. The lowest BCUT2D eigenvalue weighted by Crippen LogP contribution is -2.49. The van der Waals surface area contributed by atoms with E-state index in [1.165, 1.54) is 28.3 Å². The summed E-state index contributed by atoms with van der Waals surface area (Å²) in [7, 11) is 4.43. The molecular weight excluding hydrogens is 426 g/mol. The van der Waals surface area contributed by atoms with Crippen LogP contribution in [0.4, 0.5) is 5.69 Å². The molecule has 0 saturated heterocycles. The number of rotatable bonds is 8. The lowest BCUT2D eigenvalue weighted by Gasteiger charge is -2.32. The molecule has 1 N–H and O–H groups in total. The first-order chi connectivity index (χ1) is 15.8. The summed E-state index contributed by atoms with van der Waals surface area (Å²) in [5.74, 6) is -1.06. The van der Waals surface area contributed by atoms with Gasteiger partial charge < -0.3 is 24.3 Å². The van der Waals surface area contributed by atoms with Crippen molar-refractivity contribution < 1.29 is 33.3 Å². The van der Waals surface area contributed by atoms with Gasteiger partial charge in [0.05, 0.1) is 26.9 Å². The van der Waals surface area contributed by atoms with Crippen LogP contribution >= 0.6 is 0 Å². The maximum atomic E-state index is 13.7. The third-order valence-corrected chi connectivity index (χ3v) is 5.22. The highest BCUT2D eigenvalue weighted by molar-refractivity contribution is 6.18. The standard InChI is InChI=1S/C25H25NO7/c1-15(27)25(33-16(2)28,24(29)26-18-8-11-19(30-3)12-9-18)23-21-14-20(31-4)10-6-17(21)7-13-22(23)32-5/h6-14H,1-5H3,(H,26,29)/t25-/m0/s1. The highest BCUT2D eigenvalue weighted by Crippen LogP contribution is 2.42. The predicted molar refractivity (Wildman–Crippen MR) is 123 cm³/mol. The van der Waals surface area contributed by atoms with E-state index in [4.69, 9.17) is 18.9 Å². The van der Waals surface area contributed by atoms with Crippen molar-refractivity contribution in [3.8, 4) is 17.2 Å². The number of Topliss-reactive ketones (excluding diaryl/α,β-unsaturated/α-hetero) is 1. The summed E-state index contributed by atoms with van der Waals surface area (Å²) >= 11 is 0. The molecule has 33 heavy (non-hydrogen) atoms. The second kappa shape index (κ2) is 9.60. The lowest BCUT2D eigenvalue weighted by molar-refractivity contribution is -0.171. The summed E-state index contributed by atoms with van der Waals surface area (Å²) in [5, 5.41) is 3.85. The number of amides is 1. The molecule has 172 valence electrons. The van der Waals surface area contributed by atoms with Gasteiger partial charge in [-0.3, -0.25) is 14.4 Å². The van der Waals surface area contributed by atoms with Gasteiger partial charge in [0.15, 0.2) is 5.78 Å². The number of nitrogens with one attached hydrogen (secondary N) is 1. The first-order valence-electron chi connectivity index (χ1n) is 10.1. The van der Waals surface area contributed by atoms with Crippen LogP contribution in [0.15, 0.2) is 54.6 Å². The van der Waals surface area contributed by atoms with Crippen molar-refractivity contribution in [1.29, 1.82) is 0 Å². The molecule has 0 unspecified atom stereocenters. The van der Waals surface area contributed by atoms with Gasteiger partial charge in [-0.15, -0.1) is 0 Å². The zero-order valence-electron chi connectivity index (χ0n) is 19.1. The van der Waals surface area contributed by atoms with Gasteiger partial charge in [-0.1, -0.05) is 12.1 Å².